The number of aromatic amines is 2. The summed E-state index contributed by atoms with van der Waals surface area (Å²) >= 11 is 0. The smallest absolute Gasteiger partial charge is 0.209 e. The Hall–Kier alpha value is -4.69. The molecule has 0 fully saturated rings. The van der Waals surface area contributed by atoms with E-state index in [0.717, 1.165) is 6.26 Å². The normalized spacial score (nSPS) is 12.0. The maximum absolute atomic E-state index is 15.7. The van der Waals surface area contributed by atoms with Gasteiger partial charge in [0.05, 0.1) is 22.9 Å². The van der Waals surface area contributed by atoms with Gasteiger partial charge in [-0.3, -0.25) is 10.1 Å². The first-order chi connectivity index (χ1) is 18.3. The van der Waals surface area contributed by atoms with Gasteiger partial charge < -0.3 is 4.98 Å². The van der Waals surface area contributed by atoms with Gasteiger partial charge in [-0.15, -0.1) is 0 Å². The summed E-state index contributed by atoms with van der Waals surface area (Å²) in [5, 5.41) is 7.09. The Morgan fingerprint density at radius 2 is 1.82 bits per heavy atom. The molecule has 5 aromatic heterocycles. The summed E-state index contributed by atoms with van der Waals surface area (Å²) in [6.07, 6.45) is 8.23. The Morgan fingerprint density at radius 1 is 1.00 bits per heavy atom. The number of nitrogens with one attached hydrogen (secondary N) is 3. The van der Waals surface area contributed by atoms with Gasteiger partial charge in [-0.2, -0.15) is 5.10 Å². The Balaban J connectivity index is 1.46. The van der Waals surface area contributed by atoms with E-state index in [4.69, 9.17) is 0 Å². The summed E-state index contributed by atoms with van der Waals surface area (Å²) in [5.74, 6) is -0.884. The average Bonchev–Trinajstić information content (AvgIpc) is 3.52. The molecule has 0 saturated heterocycles. The number of rotatable bonds is 6. The lowest BCUT2D eigenvalue weighted by molar-refractivity contribution is 0.586. The molecule has 0 atom stereocenters. The number of imidazole rings is 1. The van der Waals surface area contributed by atoms with Crippen LogP contribution in [0.3, 0.4) is 0 Å². The molecule has 3 N–H and O–H groups in total. The van der Waals surface area contributed by atoms with Crippen molar-refractivity contribution < 1.29 is 17.2 Å². The molecule has 0 radical (unpaired) electrons. The fourth-order valence-corrected chi connectivity index (χ4v) is 4.56. The molecule has 6 aromatic rings. The zero-order chi connectivity index (χ0) is 26.4. The second-order valence-electron chi connectivity index (χ2n) is 8.49. The molecule has 11 nitrogen and oxygen atoms in total. The van der Waals surface area contributed by atoms with Gasteiger partial charge in [0.1, 0.15) is 29.2 Å². The van der Waals surface area contributed by atoms with Crippen molar-refractivity contribution in [2.75, 3.05) is 6.26 Å². The number of nitrogens with zero attached hydrogens (tertiary/aromatic N) is 6. The number of sulfonamides is 1. The van der Waals surface area contributed by atoms with E-state index < -0.39 is 21.7 Å². The van der Waals surface area contributed by atoms with Gasteiger partial charge >= 0.3 is 0 Å². The molecule has 190 valence electrons. The molecule has 0 amide bonds. The predicted octanol–water partition coefficient (Wildman–Crippen LogP) is 3.35. The van der Waals surface area contributed by atoms with Crippen molar-refractivity contribution in [3.05, 3.63) is 72.6 Å². The highest BCUT2D eigenvalue weighted by molar-refractivity contribution is 7.88. The third-order valence-corrected chi connectivity index (χ3v) is 6.46. The third kappa shape index (κ3) is 4.35. The number of hydrogen-bond donors (Lipinski definition) is 3. The van der Waals surface area contributed by atoms with Crippen LogP contribution in [0.2, 0.25) is 0 Å². The monoisotopic (exact) mass is 533 g/mol. The van der Waals surface area contributed by atoms with E-state index in [1.807, 2.05) is 0 Å². The molecule has 0 saturated carbocycles. The standard InChI is InChI=1S/C24H17F2N9O2S/c1-38(36,37)31-7-12-4-13(6-15(25)5-12)20-21-17(2-3-29-20)32-24(33-21)22-18-19(26)16(10-30-23(18)35-34-22)14-8-27-11-28-9-14/h2-6,8-11,31H,7H2,1H3,(H,32,33)(H,30,34,35). The predicted molar refractivity (Wildman–Crippen MR) is 135 cm³/mol. The summed E-state index contributed by atoms with van der Waals surface area (Å²) in [4.78, 5) is 24.3. The molecule has 0 aliphatic carbocycles. The van der Waals surface area contributed by atoms with Crippen LogP contribution in [0.5, 0.6) is 0 Å². The van der Waals surface area contributed by atoms with Crippen LogP contribution in [0.15, 0.2) is 55.4 Å². The van der Waals surface area contributed by atoms with Crippen molar-refractivity contribution in [3.63, 3.8) is 0 Å². The second-order valence-corrected chi connectivity index (χ2v) is 10.3. The van der Waals surface area contributed by atoms with Crippen LogP contribution in [-0.2, 0) is 16.6 Å². The first-order valence-electron chi connectivity index (χ1n) is 11.1. The van der Waals surface area contributed by atoms with Crippen LogP contribution >= 0.6 is 0 Å². The topological polar surface area (TPSA) is 155 Å². The van der Waals surface area contributed by atoms with Crippen molar-refractivity contribution in [1.82, 2.24) is 44.8 Å². The lowest BCUT2D eigenvalue weighted by atomic mass is 10.1. The molecule has 0 aliphatic heterocycles. The van der Waals surface area contributed by atoms with Crippen LogP contribution in [-0.4, -0.2) is 54.8 Å². The van der Waals surface area contributed by atoms with E-state index in [-0.39, 0.29) is 34.7 Å². The number of halogens is 2. The Kier molecular flexibility index (Phi) is 5.61. The fraction of sp³-hybridized carbons (Fsp3) is 0.0833. The van der Waals surface area contributed by atoms with Crippen molar-refractivity contribution >= 4 is 32.1 Å². The Morgan fingerprint density at radius 3 is 2.61 bits per heavy atom. The summed E-state index contributed by atoms with van der Waals surface area (Å²) < 4.78 is 55.4. The van der Waals surface area contributed by atoms with Gasteiger partial charge in [0.25, 0.3) is 0 Å². The molecule has 0 bridgehead atoms. The first-order valence-corrected chi connectivity index (χ1v) is 13.0. The maximum atomic E-state index is 15.7. The summed E-state index contributed by atoms with van der Waals surface area (Å²) in [6.45, 7) is -0.0916. The van der Waals surface area contributed by atoms with Crippen LogP contribution in [0.4, 0.5) is 8.78 Å². The minimum Gasteiger partial charge on any atom is -0.336 e. The van der Waals surface area contributed by atoms with E-state index >= 15 is 4.39 Å². The van der Waals surface area contributed by atoms with Gasteiger partial charge in [-0.25, -0.2) is 41.9 Å². The van der Waals surface area contributed by atoms with Crippen LogP contribution < -0.4 is 4.72 Å². The quantitative estimate of drug-likeness (QED) is 0.294. The number of pyridine rings is 2. The van der Waals surface area contributed by atoms with Crippen LogP contribution in [0.1, 0.15) is 5.56 Å². The van der Waals surface area contributed by atoms with Crippen molar-refractivity contribution in [2.45, 2.75) is 6.54 Å². The molecule has 5 heterocycles. The lowest BCUT2D eigenvalue weighted by Crippen LogP contribution is -2.21. The highest BCUT2D eigenvalue weighted by Gasteiger charge is 2.21. The van der Waals surface area contributed by atoms with Crippen LogP contribution in [0, 0.1) is 11.6 Å². The van der Waals surface area contributed by atoms with Crippen molar-refractivity contribution in [1.29, 1.82) is 0 Å². The zero-order valence-corrected chi connectivity index (χ0v) is 20.4. The zero-order valence-electron chi connectivity index (χ0n) is 19.6. The molecule has 0 spiro atoms. The van der Waals surface area contributed by atoms with Gasteiger partial charge in [0, 0.05) is 48.0 Å². The summed E-state index contributed by atoms with van der Waals surface area (Å²) in [7, 11) is -3.47. The largest absolute Gasteiger partial charge is 0.336 e. The SMILES string of the molecule is CS(=O)(=O)NCc1cc(F)cc(-c2nccc3[nH]c(-c4n[nH]c5ncc(-c6cncnc6)c(F)c45)nc23)c1. The van der Waals surface area contributed by atoms with Crippen LogP contribution in [0.25, 0.3) is 56.0 Å². The molecule has 0 aliphatic rings. The molecular formula is C24H17F2N9O2S. The van der Waals surface area contributed by atoms with Gasteiger partial charge in [0.2, 0.25) is 10.0 Å². The number of H-pyrrole nitrogens is 2. The molecule has 0 unspecified atom stereocenters. The number of benzene rings is 1. The van der Waals surface area contributed by atoms with E-state index in [0.29, 0.717) is 33.4 Å². The highest BCUT2D eigenvalue weighted by atomic mass is 32.2. The molecule has 6 rings (SSSR count). The summed E-state index contributed by atoms with van der Waals surface area (Å²) in [6, 6.07) is 5.82. The third-order valence-electron chi connectivity index (χ3n) is 5.79. The van der Waals surface area contributed by atoms with E-state index in [1.165, 1.54) is 43.2 Å². The number of fused-ring (bicyclic) bond motifs is 2. The lowest BCUT2D eigenvalue weighted by Gasteiger charge is -2.07. The maximum Gasteiger partial charge on any atom is 0.209 e. The van der Waals surface area contributed by atoms with E-state index in [1.54, 1.807) is 12.1 Å². The van der Waals surface area contributed by atoms with Crippen molar-refractivity contribution in [2.24, 2.45) is 0 Å². The second kappa shape index (κ2) is 9.00. The van der Waals surface area contributed by atoms with Gasteiger partial charge in [-0.05, 0) is 29.8 Å². The van der Waals surface area contributed by atoms with E-state index in [2.05, 4.69) is 44.8 Å². The molecule has 38 heavy (non-hydrogen) atoms. The van der Waals surface area contributed by atoms with E-state index in [9.17, 15) is 12.8 Å². The van der Waals surface area contributed by atoms with Crippen molar-refractivity contribution in [3.8, 4) is 33.9 Å². The summed E-state index contributed by atoms with van der Waals surface area (Å²) in [5.41, 5.74) is 3.19. The minimum atomic E-state index is -3.47. The molecule has 1 aromatic carbocycles. The van der Waals surface area contributed by atoms with Gasteiger partial charge in [-0.1, -0.05) is 0 Å². The van der Waals surface area contributed by atoms with Gasteiger partial charge in [0.15, 0.2) is 11.5 Å². The minimum absolute atomic E-state index is 0.0916. The highest BCUT2D eigenvalue weighted by Crippen LogP contribution is 2.34. The number of hydrogen-bond acceptors (Lipinski definition) is 8. The first kappa shape index (κ1) is 23.7. The number of aromatic nitrogens is 8. The molecule has 14 heteroatoms. The Bertz CT molecular complexity index is 1940. The average molecular weight is 534 g/mol. The Labute approximate surface area is 213 Å². The fourth-order valence-electron chi connectivity index (χ4n) is 4.13. The molecular weight excluding hydrogens is 516 g/mol.